The van der Waals surface area contributed by atoms with Gasteiger partial charge in [-0.2, -0.15) is 0 Å². The predicted molar refractivity (Wildman–Crippen MR) is 213 cm³/mol. The van der Waals surface area contributed by atoms with Crippen LogP contribution in [0.25, 0.3) is 10.8 Å². The smallest absolute Gasteiger partial charge is 0.310 e. The number of nitrogens with two attached hydrogens (primary N) is 1. The van der Waals surface area contributed by atoms with E-state index in [1.807, 2.05) is 31.2 Å². The fraction of sp³-hybridized carbons (Fsp3) is 0.478. The van der Waals surface area contributed by atoms with Gasteiger partial charge in [0.2, 0.25) is 5.91 Å². The van der Waals surface area contributed by atoms with Gasteiger partial charge in [0.1, 0.15) is 19.4 Å². The minimum Gasteiger partial charge on any atom is -0.461 e. The van der Waals surface area contributed by atoms with E-state index >= 15 is 8.78 Å². The molecule has 0 saturated heterocycles. The number of hydrogen-bond acceptors (Lipinski definition) is 10. The summed E-state index contributed by atoms with van der Waals surface area (Å²) in [5, 5.41) is 16.4. The molecule has 59 heavy (non-hydrogen) atoms. The van der Waals surface area contributed by atoms with E-state index in [4.69, 9.17) is 15.2 Å². The Balaban J connectivity index is 0.820. The average molecular weight is 810 g/mol. The van der Waals surface area contributed by atoms with Gasteiger partial charge >= 0.3 is 11.9 Å². The number of esters is 2. The molecule has 5 aliphatic carbocycles. The number of aliphatic hydroxyl groups excluding tert-OH is 1. The molecule has 0 spiro atoms. The number of pyridine rings is 1. The number of aliphatic hydroxyl groups is 1. The van der Waals surface area contributed by atoms with Crippen LogP contribution in [0.5, 0.6) is 0 Å². The van der Waals surface area contributed by atoms with Crippen molar-refractivity contribution in [1.29, 1.82) is 0 Å². The first-order valence-electron chi connectivity index (χ1n) is 20.4. The molecule has 1 aromatic heterocycles. The number of allylic oxidation sites excluding steroid dienone is 4. The monoisotopic (exact) mass is 809 g/mol. The van der Waals surface area contributed by atoms with E-state index in [1.54, 1.807) is 36.7 Å². The molecule has 0 aliphatic heterocycles. The molecule has 3 unspecified atom stereocenters. The zero-order valence-corrected chi connectivity index (χ0v) is 33.1. The van der Waals surface area contributed by atoms with Crippen molar-refractivity contribution in [2.24, 2.45) is 46.2 Å². The number of alkyl halides is 2. The van der Waals surface area contributed by atoms with E-state index < -0.39 is 88.6 Å². The lowest BCUT2D eigenvalue weighted by molar-refractivity contribution is -0.202. The molecular formula is C46H49F2N3O8. The summed E-state index contributed by atoms with van der Waals surface area (Å²) in [5.74, 6) is -6.10. The van der Waals surface area contributed by atoms with Crippen LogP contribution in [-0.2, 0) is 40.1 Å². The zero-order valence-electron chi connectivity index (χ0n) is 33.1. The second kappa shape index (κ2) is 15.5. The molecule has 11 atom stereocenters. The van der Waals surface area contributed by atoms with Gasteiger partial charge in [0.15, 0.2) is 17.2 Å². The zero-order chi connectivity index (χ0) is 41.9. The lowest BCUT2D eigenvalue weighted by Gasteiger charge is -2.62. The van der Waals surface area contributed by atoms with E-state index in [0.29, 0.717) is 37.1 Å². The normalized spacial score (nSPS) is 33.5. The van der Waals surface area contributed by atoms with Crippen LogP contribution in [0, 0.1) is 40.4 Å². The van der Waals surface area contributed by atoms with Crippen molar-refractivity contribution < 1.29 is 47.3 Å². The van der Waals surface area contributed by atoms with Gasteiger partial charge < -0.3 is 25.6 Å². The maximum atomic E-state index is 17.3. The van der Waals surface area contributed by atoms with E-state index in [2.05, 4.69) is 10.3 Å². The largest absolute Gasteiger partial charge is 0.461 e. The Kier molecular flexibility index (Phi) is 10.7. The Labute approximate surface area is 340 Å². The fourth-order valence-electron chi connectivity index (χ4n) is 10.9. The number of amides is 1. The summed E-state index contributed by atoms with van der Waals surface area (Å²) in [6.07, 6.45) is 5.38. The number of nitrogens with zero attached hydrogens (tertiary/aromatic N) is 1. The molecule has 4 fully saturated rings. The standard InChI is InChI=1S/C46H49F2N3O8/c1-44-21-40(54)46(48)36(20-38(47)37-18-30(52)11-14-45(37,46)2)34(44)9-10-35(44)39(53)24-59-43(57)33-19-32(33)42(56)58-23-25-3-5-26(6-4-25)31(12-15-49)41(55)51-29-8-7-28-22-50-16-13-27(28)17-29/h3-8,11,13-14,16-18,22,31-36,38,40,54H,9-10,12,15,19-21,23-24,49H2,1-2H3,(H,51,55)/t31?,32?,33?,34-,35+,36-,38-,40-,44-,45-,46-/m0/s1. The third-order valence-corrected chi connectivity index (χ3v) is 14.2. The average Bonchev–Trinajstić information content (AvgIpc) is 3.96. The molecule has 4 saturated carbocycles. The third-order valence-electron chi connectivity index (χ3n) is 14.2. The summed E-state index contributed by atoms with van der Waals surface area (Å²) < 4.78 is 43.9. The second-order valence-electron chi connectivity index (χ2n) is 17.5. The molecule has 0 radical (unpaired) electrons. The van der Waals surface area contributed by atoms with Gasteiger partial charge in [-0.15, -0.1) is 0 Å². The topological polar surface area (TPSA) is 175 Å². The lowest BCUT2D eigenvalue weighted by Crippen LogP contribution is -2.68. The van der Waals surface area contributed by atoms with Crippen LogP contribution in [0.15, 0.2) is 84.7 Å². The van der Waals surface area contributed by atoms with Gasteiger partial charge in [0, 0.05) is 40.7 Å². The van der Waals surface area contributed by atoms with Crippen molar-refractivity contribution in [3.8, 4) is 0 Å². The van der Waals surface area contributed by atoms with Gasteiger partial charge in [0.25, 0.3) is 0 Å². The van der Waals surface area contributed by atoms with Crippen molar-refractivity contribution in [2.45, 2.75) is 82.8 Å². The summed E-state index contributed by atoms with van der Waals surface area (Å²) in [6, 6.07) is 14.6. The molecule has 2 aromatic carbocycles. The highest BCUT2D eigenvalue weighted by Crippen LogP contribution is 2.69. The number of ether oxygens (including phenoxy) is 2. The predicted octanol–water partition coefficient (Wildman–Crippen LogP) is 6.03. The molecule has 3 aromatic rings. The quantitative estimate of drug-likeness (QED) is 0.183. The maximum Gasteiger partial charge on any atom is 0.310 e. The van der Waals surface area contributed by atoms with E-state index in [-0.39, 0.29) is 43.1 Å². The highest BCUT2D eigenvalue weighted by atomic mass is 19.1. The number of fused-ring (bicyclic) bond motifs is 6. The third kappa shape index (κ3) is 7.09. The number of ketones is 2. The molecule has 13 heteroatoms. The van der Waals surface area contributed by atoms with Crippen LogP contribution < -0.4 is 11.1 Å². The van der Waals surface area contributed by atoms with Crippen molar-refractivity contribution >= 4 is 45.9 Å². The summed E-state index contributed by atoms with van der Waals surface area (Å²) in [6.45, 7) is 3.11. The van der Waals surface area contributed by atoms with Crippen LogP contribution in [0.2, 0.25) is 0 Å². The van der Waals surface area contributed by atoms with Crippen LogP contribution >= 0.6 is 0 Å². The van der Waals surface area contributed by atoms with Crippen LogP contribution in [0.3, 0.4) is 0 Å². The molecule has 4 N–H and O–H groups in total. The number of nitrogens with one attached hydrogen (secondary N) is 1. The second-order valence-corrected chi connectivity index (χ2v) is 17.5. The molecule has 1 heterocycles. The van der Waals surface area contributed by atoms with Gasteiger partial charge in [0.05, 0.1) is 23.9 Å². The molecule has 1 amide bonds. The van der Waals surface area contributed by atoms with Gasteiger partial charge in [-0.25, -0.2) is 8.78 Å². The summed E-state index contributed by atoms with van der Waals surface area (Å²) in [7, 11) is 0. The van der Waals surface area contributed by atoms with Gasteiger partial charge in [-0.1, -0.05) is 43.3 Å². The van der Waals surface area contributed by atoms with Crippen molar-refractivity contribution in [3.63, 3.8) is 0 Å². The highest BCUT2D eigenvalue weighted by Gasteiger charge is 2.72. The first kappa shape index (κ1) is 40.6. The Morgan fingerprint density at radius 3 is 2.47 bits per heavy atom. The fourth-order valence-corrected chi connectivity index (χ4v) is 10.9. The molecule has 310 valence electrons. The molecule has 5 aliphatic rings. The maximum absolute atomic E-state index is 17.3. The number of hydrogen-bond donors (Lipinski definition) is 3. The Hall–Kier alpha value is -5.14. The minimum absolute atomic E-state index is 0.0377. The van der Waals surface area contributed by atoms with Crippen molar-refractivity contribution in [2.75, 3.05) is 18.5 Å². The van der Waals surface area contributed by atoms with E-state index in [0.717, 1.165) is 22.4 Å². The van der Waals surface area contributed by atoms with E-state index in [1.165, 1.54) is 19.1 Å². The molecule has 11 nitrogen and oxygen atoms in total. The van der Waals surface area contributed by atoms with Crippen molar-refractivity contribution in [1.82, 2.24) is 4.98 Å². The van der Waals surface area contributed by atoms with Crippen molar-refractivity contribution in [3.05, 3.63) is 95.9 Å². The SMILES string of the molecule is C[C@]12C[C@H](O)[C@@]3(F)[C@@H](C[C@H](F)C4=CC(=O)C=C[C@@]43C)[C@@H]1CC[C@@H]2C(=O)COC(=O)C1CC1C(=O)OCc1ccc(C(CCN)C(=O)Nc2ccc3cnccc3c2)cc1. The highest BCUT2D eigenvalue weighted by molar-refractivity contribution is 6.01. The Morgan fingerprint density at radius 2 is 1.73 bits per heavy atom. The van der Waals surface area contributed by atoms with Gasteiger partial charge in [-0.3, -0.25) is 29.0 Å². The van der Waals surface area contributed by atoms with Gasteiger partial charge in [-0.05, 0) is 116 Å². The van der Waals surface area contributed by atoms with E-state index in [9.17, 15) is 29.1 Å². The van der Waals surface area contributed by atoms with Crippen LogP contribution in [0.1, 0.15) is 69.4 Å². The Morgan fingerprint density at radius 1 is 0.983 bits per heavy atom. The summed E-state index contributed by atoms with van der Waals surface area (Å²) in [5.41, 5.74) is 3.44. The number of aromatic nitrogens is 1. The molecule has 0 bridgehead atoms. The number of anilines is 1. The number of benzene rings is 2. The minimum atomic E-state index is -2.23. The summed E-state index contributed by atoms with van der Waals surface area (Å²) in [4.78, 5) is 69.0. The number of carbonyl (C=O) groups excluding carboxylic acids is 5. The molecular weight excluding hydrogens is 761 g/mol. The number of rotatable bonds is 12. The molecule has 8 rings (SSSR count). The first-order chi connectivity index (χ1) is 28.2. The number of halogens is 2. The lowest BCUT2D eigenvalue weighted by atomic mass is 9.45. The summed E-state index contributed by atoms with van der Waals surface area (Å²) >= 11 is 0. The Bertz CT molecular complexity index is 2260. The van der Waals surface area contributed by atoms with Crippen LogP contribution in [-0.4, -0.2) is 70.6 Å². The first-order valence-corrected chi connectivity index (χ1v) is 20.4. The van der Waals surface area contributed by atoms with Crippen LogP contribution in [0.4, 0.5) is 14.5 Å². The number of carbonyl (C=O) groups is 5. The number of Topliss-reactive ketones (excluding diaryl/α,β-unsaturated/α-hetero) is 1.